The van der Waals surface area contributed by atoms with E-state index in [0.29, 0.717) is 16.9 Å². The molecule has 0 aromatic heterocycles. The lowest BCUT2D eigenvalue weighted by atomic mass is 10.3. The normalized spacial score (nSPS) is 13.9. The van der Waals surface area contributed by atoms with Gasteiger partial charge in [-0.1, -0.05) is 15.9 Å². The van der Waals surface area contributed by atoms with Gasteiger partial charge >= 0.3 is 12.0 Å². The number of carbonyl (C=O) groups is 2. The first-order chi connectivity index (χ1) is 9.45. The summed E-state index contributed by atoms with van der Waals surface area (Å²) in [6.45, 7) is -0.00822. The zero-order valence-corrected chi connectivity index (χ0v) is 12.2. The maximum Gasteiger partial charge on any atom is 0.323 e. The van der Waals surface area contributed by atoms with E-state index in [1.54, 1.807) is 0 Å². The second-order valence-electron chi connectivity index (χ2n) is 4.77. The molecular formula is C13H14BrFN2O3. The molecule has 20 heavy (non-hydrogen) atoms. The summed E-state index contributed by atoms with van der Waals surface area (Å²) in [7, 11) is 0. The van der Waals surface area contributed by atoms with Crippen LogP contribution in [0.4, 0.5) is 14.9 Å². The fourth-order valence-electron chi connectivity index (χ4n) is 1.78. The maximum atomic E-state index is 13.6. The maximum absolute atomic E-state index is 13.6. The summed E-state index contributed by atoms with van der Waals surface area (Å²) in [5, 5.41) is 11.2. The lowest BCUT2D eigenvalue weighted by Crippen LogP contribution is -2.40. The molecule has 2 rings (SSSR count). The van der Waals surface area contributed by atoms with Gasteiger partial charge in [-0.15, -0.1) is 0 Å². The number of urea groups is 1. The lowest BCUT2D eigenvalue weighted by Gasteiger charge is -2.21. The van der Waals surface area contributed by atoms with E-state index in [4.69, 9.17) is 5.11 Å². The number of carboxylic acids is 1. The Kier molecular flexibility index (Phi) is 4.59. The minimum absolute atomic E-state index is 0.0237. The van der Waals surface area contributed by atoms with Crippen LogP contribution in [0.2, 0.25) is 0 Å². The standard InChI is InChI=1S/C13H14BrFN2O3/c14-9-3-4-10(15)11(5-9)16-13(20)17(7-12(18)19)6-8-1-2-8/h3-5,8H,1-2,6-7H2,(H,16,20)(H,18,19). The van der Waals surface area contributed by atoms with Gasteiger partial charge < -0.3 is 15.3 Å². The fourth-order valence-corrected chi connectivity index (χ4v) is 2.14. The molecule has 2 N–H and O–H groups in total. The van der Waals surface area contributed by atoms with Gasteiger partial charge in [-0.05, 0) is 37.0 Å². The zero-order valence-electron chi connectivity index (χ0n) is 10.6. The third-order valence-corrected chi connectivity index (χ3v) is 3.45. The van der Waals surface area contributed by atoms with E-state index in [-0.39, 0.29) is 5.69 Å². The Balaban J connectivity index is 2.06. The monoisotopic (exact) mass is 344 g/mol. The van der Waals surface area contributed by atoms with Crippen LogP contribution in [0.15, 0.2) is 22.7 Å². The summed E-state index contributed by atoms with van der Waals surface area (Å²) in [5.74, 6) is -1.30. The van der Waals surface area contributed by atoms with Crippen molar-refractivity contribution in [2.24, 2.45) is 5.92 Å². The highest BCUT2D eigenvalue weighted by molar-refractivity contribution is 9.10. The molecule has 0 spiro atoms. The number of benzene rings is 1. The van der Waals surface area contributed by atoms with Crippen LogP contribution in [0.5, 0.6) is 0 Å². The van der Waals surface area contributed by atoms with E-state index < -0.39 is 24.4 Å². The van der Waals surface area contributed by atoms with Crippen molar-refractivity contribution in [3.8, 4) is 0 Å². The number of carboxylic acid groups (broad SMARTS) is 1. The minimum Gasteiger partial charge on any atom is -0.480 e. The lowest BCUT2D eigenvalue weighted by molar-refractivity contribution is -0.137. The highest BCUT2D eigenvalue weighted by Crippen LogP contribution is 2.30. The van der Waals surface area contributed by atoms with Crippen LogP contribution in [-0.4, -0.2) is 35.1 Å². The van der Waals surface area contributed by atoms with Gasteiger partial charge in [0.25, 0.3) is 0 Å². The number of anilines is 1. The average Bonchev–Trinajstić information content (AvgIpc) is 3.16. The number of halogens is 2. The van der Waals surface area contributed by atoms with Gasteiger partial charge in [0.05, 0.1) is 5.69 Å². The van der Waals surface area contributed by atoms with Crippen LogP contribution in [0, 0.1) is 11.7 Å². The number of amides is 2. The van der Waals surface area contributed by atoms with Crippen molar-refractivity contribution in [2.45, 2.75) is 12.8 Å². The van der Waals surface area contributed by atoms with Gasteiger partial charge in [-0.25, -0.2) is 9.18 Å². The Morgan fingerprint density at radius 2 is 2.15 bits per heavy atom. The van der Waals surface area contributed by atoms with Gasteiger partial charge in [0.2, 0.25) is 0 Å². The fraction of sp³-hybridized carbons (Fsp3) is 0.385. The quantitative estimate of drug-likeness (QED) is 0.862. The molecule has 1 aromatic rings. The van der Waals surface area contributed by atoms with Crippen molar-refractivity contribution in [2.75, 3.05) is 18.4 Å². The molecule has 5 nitrogen and oxygen atoms in total. The highest BCUT2D eigenvalue weighted by atomic mass is 79.9. The summed E-state index contributed by atoms with van der Waals surface area (Å²) in [5.41, 5.74) is 0.0237. The molecule has 0 aliphatic heterocycles. The van der Waals surface area contributed by atoms with E-state index in [9.17, 15) is 14.0 Å². The molecule has 1 aliphatic carbocycles. The summed E-state index contributed by atoms with van der Waals surface area (Å²) in [6.07, 6.45) is 1.99. The number of nitrogens with zero attached hydrogens (tertiary/aromatic N) is 1. The van der Waals surface area contributed by atoms with Crippen LogP contribution in [0.1, 0.15) is 12.8 Å². The molecule has 108 valence electrons. The number of carbonyl (C=O) groups excluding carboxylic acids is 1. The third kappa shape index (κ3) is 4.19. The van der Waals surface area contributed by atoms with Gasteiger partial charge in [-0.2, -0.15) is 0 Å². The Morgan fingerprint density at radius 1 is 1.45 bits per heavy atom. The largest absolute Gasteiger partial charge is 0.480 e. The Hall–Kier alpha value is -1.63. The Morgan fingerprint density at radius 3 is 2.75 bits per heavy atom. The van der Waals surface area contributed by atoms with E-state index in [1.807, 2.05) is 0 Å². The highest BCUT2D eigenvalue weighted by Gasteiger charge is 2.28. The predicted molar refractivity (Wildman–Crippen MR) is 75.1 cm³/mol. The number of rotatable bonds is 5. The van der Waals surface area contributed by atoms with Crippen LogP contribution in [-0.2, 0) is 4.79 Å². The number of nitrogens with one attached hydrogen (secondary N) is 1. The third-order valence-electron chi connectivity index (χ3n) is 2.96. The second kappa shape index (κ2) is 6.21. The smallest absolute Gasteiger partial charge is 0.323 e. The van der Waals surface area contributed by atoms with Gasteiger partial charge in [0.1, 0.15) is 12.4 Å². The van der Waals surface area contributed by atoms with E-state index >= 15 is 0 Å². The second-order valence-corrected chi connectivity index (χ2v) is 5.69. The molecule has 0 atom stereocenters. The van der Waals surface area contributed by atoms with E-state index in [0.717, 1.165) is 12.8 Å². The number of hydrogen-bond donors (Lipinski definition) is 2. The molecule has 0 unspecified atom stereocenters. The van der Waals surface area contributed by atoms with Crippen molar-refractivity contribution < 1.29 is 19.1 Å². The molecule has 1 saturated carbocycles. The Labute approximate surface area is 123 Å². The molecule has 0 radical (unpaired) electrons. The van der Waals surface area contributed by atoms with Gasteiger partial charge in [0.15, 0.2) is 0 Å². The molecule has 1 aromatic carbocycles. The van der Waals surface area contributed by atoms with E-state index in [1.165, 1.54) is 23.1 Å². The molecule has 0 bridgehead atoms. The number of hydrogen-bond acceptors (Lipinski definition) is 2. The van der Waals surface area contributed by atoms with E-state index in [2.05, 4.69) is 21.2 Å². The topological polar surface area (TPSA) is 69.6 Å². The van der Waals surface area contributed by atoms with Crippen molar-refractivity contribution in [3.05, 3.63) is 28.5 Å². The Bertz CT molecular complexity index is 534. The summed E-state index contributed by atoms with van der Waals surface area (Å²) in [6, 6.07) is 3.58. The van der Waals surface area contributed by atoms with Gasteiger partial charge in [-0.3, -0.25) is 4.79 Å². The summed E-state index contributed by atoms with van der Waals surface area (Å²) in [4.78, 5) is 24.0. The SMILES string of the molecule is O=C(O)CN(CC1CC1)C(=O)Nc1cc(Br)ccc1F. The zero-order chi connectivity index (χ0) is 14.7. The van der Waals surface area contributed by atoms with Crippen LogP contribution < -0.4 is 5.32 Å². The minimum atomic E-state index is -1.09. The first-order valence-corrected chi connectivity index (χ1v) is 6.98. The average molecular weight is 345 g/mol. The van der Waals surface area contributed by atoms with Gasteiger partial charge in [0, 0.05) is 11.0 Å². The molecule has 1 aliphatic rings. The first kappa shape index (κ1) is 14.8. The number of aliphatic carboxylic acids is 1. The van der Waals surface area contributed by atoms with Crippen molar-refractivity contribution in [1.82, 2.24) is 4.90 Å². The first-order valence-electron chi connectivity index (χ1n) is 6.18. The van der Waals surface area contributed by atoms with Crippen LogP contribution in [0.25, 0.3) is 0 Å². The van der Waals surface area contributed by atoms with Crippen molar-refractivity contribution in [3.63, 3.8) is 0 Å². The molecule has 2 amide bonds. The van der Waals surface area contributed by atoms with Crippen LogP contribution in [0.3, 0.4) is 0 Å². The summed E-state index contributed by atoms with van der Waals surface area (Å²) >= 11 is 3.19. The molecular weight excluding hydrogens is 331 g/mol. The van der Waals surface area contributed by atoms with Crippen molar-refractivity contribution in [1.29, 1.82) is 0 Å². The molecule has 7 heteroatoms. The summed E-state index contributed by atoms with van der Waals surface area (Å²) < 4.78 is 14.2. The molecule has 0 saturated heterocycles. The predicted octanol–water partition coefficient (Wildman–Crippen LogP) is 2.92. The van der Waals surface area contributed by atoms with Crippen molar-refractivity contribution >= 4 is 33.6 Å². The molecule has 0 heterocycles. The molecule has 1 fully saturated rings. The van der Waals surface area contributed by atoms with Crippen LogP contribution >= 0.6 is 15.9 Å².